The van der Waals surface area contributed by atoms with Gasteiger partial charge in [0.05, 0.1) is 23.3 Å². The minimum Gasteiger partial charge on any atom is -0.342 e. The quantitative estimate of drug-likeness (QED) is 0.637. The first kappa shape index (κ1) is 20.5. The Morgan fingerprint density at radius 1 is 1.00 bits per heavy atom. The molecule has 3 rings (SSSR count). The molecule has 2 amide bonds. The Morgan fingerprint density at radius 3 is 2.31 bits per heavy atom. The van der Waals surface area contributed by atoms with E-state index < -0.39 is 0 Å². The van der Waals surface area contributed by atoms with E-state index in [9.17, 15) is 14.0 Å². The van der Waals surface area contributed by atoms with E-state index >= 15 is 0 Å². The lowest BCUT2D eigenvalue weighted by molar-refractivity contribution is -0.131. The van der Waals surface area contributed by atoms with Gasteiger partial charge in [-0.15, -0.1) is 0 Å². The van der Waals surface area contributed by atoms with Gasteiger partial charge in [-0.05, 0) is 50.2 Å². The second-order valence-electron chi connectivity index (χ2n) is 6.81. The maximum atomic E-state index is 13.3. The highest BCUT2D eigenvalue weighted by Gasteiger charge is 2.21. The molecule has 0 saturated heterocycles. The second-order valence-corrected chi connectivity index (χ2v) is 6.81. The monoisotopic (exact) mass is 393 g/mol. The Morgan fingerprint density at radius 2 is 1.66 bits per heavy atom. The van der Waals surface area contributed by atoms with Gasteiger partial charge in [0.1, 0.15) is 5.82 Å². The minimum absolute atomic E-state index is 0.00302. The number of likely N-dealkylation sites (N-methyl/N-ethyl adjacent to an activating group) is 2. The first-order valence-electron chi connectivity index (χ1n) is 9.63. The molecule has 2 aromatic carbocycles. The Kier molecular flexibility index (Phi) is 6.22. The van der Waals surface area contributed by atoms with Crippen molar-refractivity contribution in [2.45, 2.75) is 13.8 Å². The number of rotatable bonds is 6. The number of fused-ring (bicyclic) bond motifs is 1. The lowest BCUT2D eigenvalue weighted by Gasteiger charge is -2.23. The number of nitrogens with zero attached hydrogens (tertiary/aromatic N) is 3. The van der Waals surface area contributed by atoms with Gasteiger partial charge in [-0.3, -0.25) is 9.59 Å². The van der Waals surface area contributed by atoms with Crippen molar-refractivity contribution in [1.82, 2.24) is 14.8 Å². The van der Waals surface area contributed by atoms with Gasteiger partial charge in [-0.1, -0.05) is 18.2 Å². The molecule has 0 saturated carbocycles. The van der Waals surface area contributed by atoms with Crippen molar-refractivity contribution in [3.05, 3.63) is 66.0 Å². The maximum absolute atomic E-state index is 13.3. The first-order valence-corrected chi connectivity index (χ1v) is 9.63. The van der Waals surface area contributed by atoms with Crippen LogP contribution in [-0.2, 0) is 4.79 Å². The van der Waals surface area contributed by atoms with Crippen LogP contribution in [0.2, 0.25) is 0 Å². The van der Waals surface area contributed by atoms with Gasteiger partial charge in [-0.2, -0.15) is 0 Å². The van der Waals surface area contributed by atoms with Crippen molar-refractivity contribution in [2.24, 2.45) is 0 Å². The molecule has 0 N–H and O–H groups in total. The molecule has 6 heteroatoms. The molecular weight excluding hydrogens is 369 g/mol. The van der Waals surface area contributed by atoms with E-state index in [2.05, 4.69) is 4.98 Å². The molecule has 0 spiro atoms. The van der Waals surface area contributed by atoms with E-state index in [0.717, 1.165) is 0 Å². The number of hydrogen-bond donors (Lipinski definition) is 0. The molecule has 0 aliphatic carbocycles. The fourth-order valence-electron chi connectivity index (χ4n) is 3.28. The molecule has 0 aliphatic heterocycles. The molecule has 0 aliphatic rings. The summed E-state index contributed by atoms with van der Waals surface area (Å²) >= 11 is 0. The van der Waals surface area contributed by atoms with Crippen molar-refractivity contribution in [3.8, 4) is 11.3 Å². The van der Waals surface area contributed by atoms with Gasteiger partial charge in [0, 0.05) is 31.1 Å². The summed E-state index contributed by atoms with van der Waals surface area (Å²) in [5, 5.41) is 0.713. The number of carbonyl (C=O) groups excluding carboxylic acids is 2. The predicted molar refractivity (Wildman–Crippen MR) is 112 cm³/mol. The summed E-state index contributed by atoms with van der Waals surface area (Å²) < 4.78 is 13.3. The number of carbonyl (C=O) groups is 2. The van der Waals surface area contributed by atoms with Crippen LogP contribution in [0.3, 0.4) is 0 Å². The molecule has 0 fully saturated rings. The zero-order valence-electron chi connectivity index (χ0n) is 16.9. The van der Waals surface area contributed by atoms with E-state index in [1.165, 1.54) is 17.0 Å². The van der Waals surface area contributed by atoms with Crippen LogP contribution < -0.4 is 0 Å². The molecule has 150 valence electrons. The Labute approximate surface area is 169 Å². The van der Waals surface area contributed by atoms with E-state index in [-0.39, 0.29) is 24.2 Å². The summed E-state index contributed by atoms with van der Waals surface area (Å²) in [7, 11) is 1.62. The van der Waals surface area contributed by atoms with E-state index in [4.69, 9.17) is 0 Å². The Bertz CT molecular complexity index is 1030. The van der Waals surface area contributed by atoms with Gasteiger partial charge in [0.15, 0.2) is 0 Å². The largest absolute Gasteiger partial charge is 0.342 e. The fourth-order valence-corrected chi connectivity index (χ4v) is 3.28. The van der Waals surface area contributed by atoms with Crippen LogP contribution in [0.5, 0.6) is 0 Å². The summed E-state index contributed by atoms with van der Waals surface area (Å²) in [5.74, 6) is -0.684. The average Bonchev–Trinajstić information content (AvgIpc) is 2.73. The standard InChI is InChI=1S/C23H24FN3O2/c1-4-27(5-2)22(28)15-26(3)23(29)19-14-21(16-10-12-17(24)13-11-16)25-20-9-7-6-8-18(19)20/h6-14H,4-5,15H2,1-3H3. The van der Waals surface area contributed by atoms with Gasteiger partial charge >= 0.3 is 0 Å². The number of amides is 2. The molecule has 1 heterocycles. The number of halogens is 1. The van der Waals surface area contributed by atoms with Crippen LogP contribution in [0, 0.1) is 5.82 Å². The summed E-state index contributed by atoms with van der Waals surface area (Å²) in [6.07, 6.45) is 0. The molecule has 3 aromatic rings. The molecule has 1 aromatic heterocycles. The average molecular weight is 393 g/mol. The molecular formula is C23H24FN3O2. The van der Waals surface area contributed by atoms with Crippen LogP contribution >= 0.6 is 0 Å². The SMILES string of the molecule is CCN(CC)C(=O)CN(C)C(=O)c1cc(-c2ccc(F)cc2)nc2ccccc12. The van der Waals surface area contributed by atoms with Crippen LogP contribution in [0.4, 0.5) is 4.39 Å². The highest BCUT2D eigenvalue weighted by Crippen LogP contribution is 2.26. The summed E-state index contributed by atoms with van der Waals surface area (Å²) in [6.45, 7) is 5.03. The fraction of sp³-hybridized carbons (Fsp3) is 0.261. The zero-order chi connectivity index (χ0) is 21.0. The maximum Gasteiger partial charge on any atom is 0.254 e. The Hall–Kier alpha value is -3.28. The van der Waals surface area contributed by atoms with E-state index in [1.807, 2.05) is 38.1 Å². The van der Waals surface area contributed by atoms with Crippen LogP contribution in [0.15, 0.2) is 54.6 Å². The normalized spacial score (nSPS) is 10.8. The Balaban J connectivity index is 1.99. The molecule has 0 radical (unpaired) electrons. The molecule has 0 unspecified atom stereocenters. The number of benzene rings is 2. The minimum atomic E-state index is -0.333. The van der Waals surface area contributed by atoms with E-state index in [0.29, 0.717) is 40.8 Å². The van der Waals surface area contributed by atoms with Gasteiger partial charge in [0.2, 0.25) is 5.91 Å². The summed E-state index contributed by atoms with van der Waals surface area (Å²) in [4.78, 5) is 33.4. The van der Waals surface area contributed by atoms with Crippen molar-refractivity contribution < 1.29 is 14.0 Å². The van der Waals surface area contributed by atoms with Crippen molar-refractivity contribution in [2.75, 3.05) is 26.7 Å². The second kappa shape index (κ2) is 8.82. The zero-order valence-corrected chi connectivity index (χ0v) is 16.9. The number of pyridine rings is 1. The lowest BCUT2D eigenvalue weighted by Crippen LogP contribution is -2.41. The molecule has 0 atom stereocenters. The van der Waals surface area contributed by atoms with Crippen LogP contribution in [0.1, 0.15) is 24.2 Å². The van der Waals surface area contributed by atoms with Crippen molar-refractivity contribution >= 4 is 22.7 Å². The number of para-hydroxylation sites is 1. The van der Waals surface area contributed by atoms with Gasteiger partial charge in [-0.25, -0.2) is 9.37 Å². The number of aromatic nitrogens is 1. The van der Waals surface area contributed by atoms with Gasteiger partial charge in [0.25, 0.3) is 5.91 Å². The van der Waals surface area contributed by atoms with Gasteiger partial charge < -0.3 is 9.80 Å². The summed E-state index contributed by atoms with van der Waals surface area (Å²) in [5.41, 5.74) is 2.43. The first-order chi connectivity index (χ1) is 13.9. The molecule has 5 nitrogen and oxygen atoms in total. The van der Waals surface area contributed by atoms with E-state index in [1.54, 1.807) is 30.1 Å². The third-order valence-electron chi connectivity index (χ3n) is 4.92. The third-order valence-corrected chi connectivity index (χ3v) is 4.92. The predicted octanol–water partition coefficient (Wildman–Crippen LogP) is 3.98. The summed E-state index contributed by atoms with van der Waals surface area (Å²) in [6, 6.07) is 15.1. The van der Waals surface area contributed by atoms with Crippen LogP contribution in [0.25, 0.3) is 22.2 Å². The lowest BCUT2D eigenvalue weighted by atomic mass is 10.0. The molecule has 0 bridgehead atoms. The van der Waals surface area contributed by atoms with Crippen molar-refractivity contribution in [3.63, 3.8) is 0 Å². The van der Waals surface area contributed by atoms with Crippen LogP contribution in [-0.4, -0.2) is 53.3 Å². The topological polar surface area (TPSA) is 53.5 Å². The smallest absolute Gasteiger partial charge is 0.254 e. The third kappa shape index (κ3) is 4.42. The number of hydrogen-bond acceptors (Lipinski definition) is 3. The highest BCUT2D eigenvalue weighted by atomic mass is 19.1. The molecule has 29 heavy (non-hydrogen) atoms. The van der Waals surface area contributed by atoms with Crippen molar-refractivity contribution in [1.29, 1.82) is 0 Å². The highest BCUT2D eigenvalue weighted by molar-refractivity contribution is 6.07.